The second kappa shape index (κ2) is 28.9. The standard InChI is InChI=1S/C40H62O2.2BrH/c1-5-9-11-13-15-17-19-21-23-31-41-39-30-28-36(34-37(39)26-8-4)38-33-35(25-7-3)27-29-40(38)42-32-24-22-20-18-16-14-12-10-6-2;;/h7-8,27-30,33-34H,3-6,9-26,31-32H2,1-2H3;2*1H/p-2. The number of ether oxygens (including phenoxy) is 2. The number of rotatable bonds is 27. The molecule has 0 aromatic heterocycles. The second-order valence-corrected chi connectivity index (χ2v) is 12.0. The first kappa shape index (κ1) is 42.5. The van der Waals surface area contributed by atoms with E-state index in [1.807, 2.05) is 12.2 Å². The average molecular weight is 735 g/mol. The Balaban J connectivity index is 0.00000924. The van der Waals surface area contributed by atoms with Crippen molar-refractivity contribution in [2.45, 2.75) is 142 Å². The molecule has 0 saturated heterocycles. The lowest BCUT2D eigenvalue weighted by molar-refractivity contribution is -0.001000. The normalized spacial score (nSPS) is 10.5. The maximum absolute atomic E-state index is 6.38. The van der Waals surface area contributed by atoms with Crippen molar-refractivity contribution in [2.24, 2.45) is 0 Å². The topological polar surface area (TPSA) is 18.5 Å². The lowest BCUT2D eigenvalue weighted by atomic mass is 9.97. The molecule has 0 bridgehead atoms. The largest absolute Gasteiger partial charge is 1.00 e. The van der Waals surface area contributed by atoms with Crippen molar-refractivity contribution in [1.82, 2.24) is 0 Å². The SMILES string of the molecule is C=CCc1ccc(OCCCCCCCCCCC)c(-c2ccc(OCCCCCCCCCCC)c(CC=C)c2)c1.[Br-].[Br-]. The van der Waals surface area contributed by atoms with E-state index >= 15 is 0 Å². The van der Waals surface area contributed by atoms with E-state index in [1.54, 1.807) is 0 Å². The van der Waals surface area contributed by atoms with Crippen LogP contribution in [0.2, 0.25) is 0 Å². The molecule has 44 heavy (non-hydrogen) atoms. The number of benzene rings is 2. The molecule has 0 amide bonds. The van der Waals surface area contributed by atoms with Gasteiger partial charge >= 0.3 is 0 Å². The summed E-state index contributed by atoms with van der Waals surface area (Å²) >= 11 is 0. The Bertz CT molecular complexity index is 987. The molecule has 0 spiro atoms. The van der Waals surface area contributed by atoms with Crippen LogP contribution in [-0.4, -0.2) is 13.2 Å². The first-order valence-corrected chi connectivity index (χ1v) is 17.5. The monoisotopic (exact) mass is 732 g/mol. The molecule has 0 atom stereocenters. The first-order valence-electron chi connectivity index (χ1n) is 17.5. The van der Waals surface area contributed by atoms with Crippen molar-refractivity contribution in [3.8, 4) is 22.6 Å². The van der Waals surface area contributed by atoms with Crippen LogP contribution in [0, 0.1) is 0 Å². The molecule has 0 radical (unpaired) electrons. The fourth-order valence-corrected chi connectivity index (χ4v) is 5.61. The third kappa shape index (κ3) is 18.4. The van der Waals surface area contributed by atoms with Crippen molar-refractivity contribution < 1.29 is 43.4 Å². The van der Waals surface area contributed by atoms with E-state index in [0.717, 1.165) is 56.0 Å². The van der Waals surface area contributed by atoms with Gasteiger partial charge in [0.2, 0.25) is 0 Å². The maximum atomic E-state index is 6.38. The minimum atomic E-state index is 0. The van der Waals surface area contributed by atoms with Crippen LogP contribution >= 0.6 is 0 Å². The average Bonchev–Trinajstić information content (AvgIpc) is 3.00. The summed E-state index contributed by atoms with van der Waals surface area (Å²) in [4.78, 5) is 0. The van der Waals surface area contributed by atoms with E-state index in [1.165, 1.54) is 119 Å². The highest BCUT2D eigenvalue weighted by molar-refractivity contribution is 5.73. The van der Waals surface area contributed by atoms with Crippen LogP contribution in [0.15, 0.2) is 61.7 Å². The number of allylic oxidation sites excluding steroid dienone is 2. The zero-order valence-corrected chi connectivity index (χ0v) is 31.3. The van der Waals surface area contributed by atoms with E-state index in [9.17, 15) is 0 Å². The van der Waals surface area contributed by atoms with Gasteiger partial charge in [-0.1, -0.05) is 141 Å². The lowest BCUT2D eigenvalue weighted by Crippen LogP contribution is -3.00. The van der Waals surface area contributed by atoms with Crippen LogP contribution < -0.4 is 43.4 Å². The van der Waals surface area contributed by atoms with Gasteiger partial charge < -0.3 is 43.4 Å². The molecule has 0 aliphatic rings. The van der Waals surface area contributed by atoms with Crippen molar-refractivity contribution in [2.75, 3.05) is 13.2 Å². The molecule has 2 aromatic rings. The van der Waals surface area contributed by atoms with Crippen LogP contribution in [0.3, 0.4) is 0 Å². The summed E-state index contributed by atoms with van der Waals surface area (Å²) in [7, 11) is 0. The van der Waals surface area contributed by atoms with E-state index in [4.69, 9.17) is 9.47 Å². The van der Waals surface area contributed by atoms with E-state index < -0.39 is 0 Å². The van der Waals surface area contributed by atoms with Gasteiger partial charge in [-0.25, -0.2) is 0 Å². The molecule has 2 aromatic carbocycles. The van der Waals surface area contributed by atoms with Crippen LogP contribution in [0.5, 0.6) is 11.5 Å². The Morgan fingerprint density at radius 3 is 1.48 bits per heavy atom. The lowest BCUT2D eigenvalue weighted by Gasteiger charge is -2.16. The van der Waals surface area contributed by atoms with E-state index in [2.05, 4.69) is 63.4 Å². The van der Waals surface area contributed by atoms with Gasteiger partial charge in [-0.05, 0) is 66.6 Å². The Hall–Kier alpha value is -1.52. The quantitative estimate of drug-likeness (QED) is 0.0758. The van der Waals surface area contributed by atoms with E-state index in [0.29, 0.717) is 0 Å². The van der Waals surface area contributed by atoms with Crippen molar-refractivity contribution >= 4 is 0 Å². The Kier molecular flexibility index (Phi) is 27.9. The predicted octanol–water partition coefficient (Wildman–Crippen LogP) is 6.64. The number of unbranched alkanes of at least 4 members (excludes halogenated alkanes) is 16. The van der Waals surface area contributed by atoms with Gasteiger partial charge in [-0.3, -0.25) is 0 Å². The van der Waals surface area contributed by atoms with Crippen molar-refractivity contribution in [3.05, 3.63) is 72.8 Å². The summed E-state index contributed by atoms with van der Waals surface area (Å²) in [5.74, 6) is 1.95. The summed E-state index contributed by atoms with van der Waals surface area (Å²) in [5.41, 5.74) is 4.78. The Labute approximate surface area is 293 Å². The third-order valence-electron chi connectivity index (χ3n) is 8.17. The molecular weight excluding hydrogens is 672 g/mol. The van der Waals surface area contributed by atoms with Crippen LogP contribution in [0.4, 0.5) is 0 Å². The van der Waals surface area contributed by atoms with Crippen LogP contribution in [0.1, 0.15) is 141 Å². The minimum absolute atomic E-state index is 0. The fourth-order valence-electron chi connectivity index (χ4n) is 5.61. The van der Waals surface area contributed by atoms with Crippen LogP contribution in [0.25, 0.3) is 11.1 Å². The summed E-state index contributed by atoms with van der Waals surface area (Å²) < 4.78 is 12.7. The van der Waals surface area contributed by atoms with Gasteiger partial charge in [0.15, 0.2) is 0 Å². The highest BCUT2D eigenvalue weighted by Gasteiger charge is 2.12. The zero-order valence-electron chi connectivity index (χ0n) is 28.2. The Morgan fingerprint density at radius 1 is 0.523 bits per heavy atom. The van der Waals surface area contributed by atoms with Crippen LogP contribution in [-0.2, 0) is 12.8 Å². The highest BCUT2D eigenvalue weighted by atomic mass is 79.9. The predicted molar refractivity (Wildman–Crippen MR) is 185 cm³/mol. The fraction of sp³-hybridized carbons (Fsp3) is 0.600. The molecule has 250 valence electrons. The summed E-state index contributed by atoms with van der Waals surface area (Å²) in [6.45, 7) is 14.1. The molecule has 0 fully saturated rings. The van der Waals surface area contributed by atoms with Gasteiger partial charge in [-0.15, -0.1) is 13.2 Å². The number of hydrogen-bond acceptors (Lipinski definition) is 2. The smallest absolute Gasteiger partial charge is 0.127 e. The highest BCUT2D eigenvalue weighted by Crippen LogP contribution is 2.35. The molecule has 0 heterocycles. The van der Waals surface area contributed by atoms with Gasteiger partial charge in [0, 0.05) is 5.56 Å². The summed E-state index contributed by atoms with van der Waals surface area (Å²) in [6.07, 6.45) is 29.4. The maximum Gasteiger partial charge on any atom is 0.127 e. The molecule has 0 aliphatic heterocycles. The summed E-state index contributed by atoms with van der Waals surface area (Å²) in [5, 5.41) is 0. The summed E-state index contributed by atoms with van der Waals surface area (Å²) in [6, 6.07) is 13.2. The molecule has 0 N–H and O–H groups in total. The van der Waals surface area contributed by atoms with Crippen molar-refractivity contribution in [3.63, 3.8) is 0 Å². The number of hydrogen-bond donors (Lipinski definition) is 0. The number of halogens is 2. The second-order valence-electron chi connectivity index (χ2n) is 12.0. The third-order valence-corrected chi connectivity index (χ3v) is 8.17. The Morgan fingerprint density at radius 2 is 0.977 bits per heavy atom. The minimum Gasteiger partial charge on any atom is -1.00 e. The van der Waals surface area contributed by atoms with Crippen molar-refractivity contribution in [1.29, 1.82) is 0 Å². The van der Waals surface area contributed by atoms with Gasteiger partial charge in [0.25, 0.3) is 0 Å². The molecule has 0 saturated carbocycles. The molecule has 2 rings (SSSR count). The first-order chi connectivity index (χ1) is 20.7. The molecule has 4 heteroatoms. The molecular formula is C40H62Br2O2-2. The van der Waals surface area contributed by atoms with Gasteiger partial charge in [0.1, 0.15) is 11.5 Å². The van der Waals surface area contributed by atoms with Gasteiger partial charge in [0.05, 0.1) is 13.2 Å². The molecule has 2 nitrogen and oxygen atoms in total. The molecule has 0 aliphatic carbocycles. The van der Waals surface area contributed by atoms with E-state index in [-0.39, 0.29) is 34.0 Å². The molecule has 0 unspecified atom stereocenters. The zero-order chi connectivity index (χ0) is 30.1. The van der Waals surface area contributed by atoms with Gasteiger partial charge in [-0.2, -0.15) is 0 Å².